The van der Waals surface area contributed by atoms with Gasteiger partial charge >= 0.3 is 0 Å². The van der Waals surface area contributed by atoms with Gasteiger partial charge in [-0.2, -0.15) is 0 Å². The first-order valence-electron chi connectivity index (χ1n) is 4.87. The lowest BCUT2D eigenvalue weighted by Gasteiger charge is -1.99. The highest BCUT2D eigenvalue weighted by molar-refractivity contribution is 5.30. The molecule has 2 rings (SSSR count). The average molecular weight is 203 g/mol. The van der Waals surface area contributed by atoms with Crippen molar-refractivity contribution in [3.63, 3.8) is 0 Å². The maximum Gasteiger partial charge on any atom is 0.267 e. The van der Waals surface area contributed by atoms with Gasteiger partial charge in [0.25, 0.3) is 5.56 Å². The van der Waals surface area contributed by atoms with Crippen molar-refractivity contribution in [2.75, 3.05) is 6.54 Å². The van der Waals surface area contributed by atoms with Crippen LogP contribution in [-0.4, -0.2) is 16.3 Å². The minimum atomic E-state index is -0.0655. The van der Waals surface area contributed by atoms with E-state index in [-0.39, 0.29) is 5.56 Å². The summed E-state index contributed by atoms with van der Waals surface area (Å²) in [6, 6.07) is 9.66. The number of rotatable bonds is 3. The molecule has 4 nitrogen and oxygen atoms in total. The number of para-hydroxylation sites is 1. The van der Waals surface area contributed by atoms with Crippen molar-refractivity contribution in [2.45, 2.75) is 6.42 Å². The van der Waals surface area contributed by atoms with Gasteiger partial charge in [-0.15, -0.1) is 0 Å². The summed E-state index contributed by atoms with van der Waals surface area (Å²) in [6.45, 7) is 0.488. The molecule has 3 N–H and O–H groups in total. The molecule has 1 aromatic heterocycles. The number of aromatic amines is 1. The minimum Gasteiger partial charge on any atom is -0.330 e. The van der Waals surface area contributed by atoms with Crippen molar-refractivity contribution in [1.29, 1.82) is 0 Å². The fourth-order valence-electron chi connectivity index (χ4n) is 1.49. The van der Waals surface area contributed by atoms with Crippen LogP contribution in [0.3, 0.4) is 0 Å². The molecule has 0 aliphatic rings. The summed E-state index contributed by atoms with van der Waals surface area (Å²) in [4.78, 5) is 11.5. The van der Waals surface area contributed by atoms with E-state index in [4.69, 9.17) is 5.73 Å². The highest BCUT2D eigenvalue weighted by Crippen LogP contribution is 2.04. The van der Waals surface area contributed by atoms with Gasteiger partial charge in [0.15, 0.2) is 0 Å². The number of benzene rings is 1. The van der Waals surface area contributed by atoms with E-state index in [9.17, 15) is 4.79 Å². The fraction of sp³-hybridized carbons (Fsp3) is 0.182. The monoisotopic (exact) mass is 203 g/mol. The van der Waals surface area contributed by atoms with Crippen LogP contribution >= 0.6 is 0 Å². The van der Waals surface area contributed by atoms with Crippen molar-refractivity contribution < 1.29 is 0 Å². The molecule has 0 bridgehead atoms. The second-order valence-electron chi connectivity index (χ2n) is 3.34. The van der Waals surface area contributed by atoms with Crippen LogP contribution in [0.4, 0.5) is 0 Å². The Kier molecular flexibility index (Phi) is 2.69. The van der Waals surface area contributed by atoms with Crippen LogP contribution in [0.25, 0.3) is 5.69 Å². The number of nitrogens with zero attached hydrogens (tertiary/aromatic N) is 1. The summed E-state index contributed by atoms with van der Waals surface area (Å²) in [6.07, 6.45) is 2.40. The van der Waals surface area contributed by atoms with E-state index in [1.165, 1.54) is 0 Å². The molecule has 1 aromatic carbocycles. The van der Waals surface area contributed by atoms with Gasteiger partial charge in [-0.25, -0.2) is 0 Å². The molecule has 4 heteroatoms. The molecule has 15 heavy (non-hydrogen) atoms. The molecule has 0 spiro atoms. The first-order chi connectivity index (χ1) is 7.31. The van der Waals surface area contributed by atoms with Crippen LogP contribution in [-0.2, 0) is 6.42 Å². The molecule has 0 atom stereocenters. The first-order valence-corrected chi connectivity index (χ1v) is 4.87. The standard InChI is InChI=1S/C11H13N3O/c12-7-6-9-8-14(13-11(9)15)10-4-2-1-3-5-10/h1-5,8H,6-7,12H2,(H,13,15). The zero-order valence-corrected chi connectivity index (χ0v) is 8.31. The third-order valence-corrected chi connectivity index (χ3v) is 2.25. The number of aromatic nitrogens is 2. The van der Waals surface area contributed by atoms with Gasteiger partial charge in [-0.1, -0.05) is 18.2 Å². The molecule has 78 valence electrons. The van der Waals surface area contributed by atoms with Crippen LogP contribution < -0.4 is 11.3 Å². The van der Waals surface area contributed by atoms with E-state index < -0.39 is 0 Å². The van der Waals surface area contributed by atoms with Gasteiger partial charge in [-0.3, -0.25) is 14.6 Å². The van der Waals surface area contributed by atoms with E-state index in [1.807, 2.05) is 30.3 Å². The summed E-state index contributed by atoms with van der Waals surface area (Å²) in [7, 11) is 0. The molecule has 0 aliphatic carbocycles. The Hall–Kier alpha value is -1.81. The summed E-state index contributed by atoms with van der Waals surface area (Å²) in [5.41, 5.74) is 7.02. The molecule has 1 heterocycles. The molecule has 0 radical (unpaired) electrons. The summed E-state index contributed by atoms with van der Waals surface area (Å²) < 4.78 is 1.72. The predicted octanol–water partition coefficient (Wildman–Crippen LogP) is 0.667. The van der Waals surface area contributed by atoms with E-state index in [0.717, 1.165) is 11.3 Å². The quantitative estimate of drug-likeness (QED) is 0.770. The Morgan fingerprint density at radius 1 is 1.27 bits per heavy atom. The number of nitrogens with two attached hydrogens (primary N) is 1. The summed E-state index contributed by atoms with van der Waals surface area (Å²) in [5.74, 6) is 0. The second-order valence-corrected chi connectivity index (χ2v) is 3.34. The van der Waals surface area contributed by atoms with Gasteiger partial charge in [0.1, 0.15) is 0 Å². The lowest BCUT2D eigenvalue weighted by atomic mass is 10.2. The van der Waals surface area contributed by atoms with Crippen molar-refractivity contribution in [3.8, 4) is 5.69 Å². The third kappa shape index (κ3) is 1.99. The van der Waals surface area contributed by atoms with Gasteiger partial charge < -0.3 is 5.73 Å². The number of hydrogen-bond donors (Lipinski definition) is 2. The molecule has 0 amide bonds. The first kappa shape index (κ1) is 9.73. The van der Waals surface area contributed by atoms with Gasteiger partial charge in [-0.05, 0) is 25.1 Å². The minimum absolute atomic E-state index is 0.0655. The van der Waals surface area contributed by atoms with E-state index in [0.29, 0.717) is 13.0 Å². The molecule has 0 saturated heterocycles. The maximum absolute atomic E-state index is 11.5. The molecular formula is C11H13N3O. The van der Waals surface area contributed by atoms with Crippen molar-refractivity contribution >= 4 is 0 Å². The molecule has 0 fully saturated rings. The zero-order valence-electron chi connectivity index (χ0n) is 8.31. The van der Waals surface area contributed by atoms with Crippen LogP contribution in [0.2, 0.25) is 0 Å². The van der Waals surface area contributed by atoms with Gasteiger partial charge in [0.05, 0.1) is 5.69 Å². The van der Waals surface area contributed by atoms with Gasteiger partial charge in [0.2, 0.25) is 0 Å². The zero-order chi connectivity index (χ0) is 10.7. The smallest absolute Gasteiger partial charge is 0.267 e. The normalized spacial score (nSPS) is 10.5. The van der Waals surface area contributed by atoms with E-state index in [2.05, 4.69) is 5.10 Å². The lowest BCUT2D eigenvalue weighted by molar-refractivity contribution is 0.864. The summed E-state index contributed by atoms with van der Waals surface area (Å²) >= 11 is 0. The highest BCUT2D eigenvalue weighted by Gasteiger charge is 2.03. The molecule has 0 saturated carbocycles. The Balaban J connectivity index is 2.39. The maximum atomic E-state index is 11.5. The van der Waals surface area contributed by atoms with E-state index in [1.54, 1.807) is 10.9 Å². The Morgan fingerprint density at radius 3 is 2.67 bits per heavy atom. The van der Waals surface area contributed by atoms with Crippen molar-refractivity contribution in [2.24, 2.45) is 5.73 Å². The number of H-pyrrole nitrogens is 1. The van der Waals surface area contributed by atoms with E-state index >= 15 is 0 Å². The Morgan fingerprint density at radius 2 is 2.00 bits per heavy atom. The lowest BCUT2D eigenvalue weighted by Crippen LogP contribution is -2.11. The van der Waals surface area contributed by atoms with Gasteiger partial charge in [0, 0.05) is 11.8 Å². The molecule has 2 aromatic rings. The summed E-state index contributed by atoms with van der Waals surface area (Å²) in [5, 5.41) is 2.75. The number of nitrogens with one attached hydrogen (secondary N) is 1. The third-order valence-electron chi connectivity index (χ3n) is 2.25. The molecular weight excluding hydrogens is 190 g/mol. The van der Waals surface area contributed by atoms with Crippen molar-refractivity contribution in [3.05, 3.63) is 52.4 Å². The van der Waals surface area contributed by atoms with Crippen LogP contribution in [0.1, 0.15) is 5.56 Å². The van der Waals surface area contributed by atoms with Crippen LogP contribution in [0, 0.1) is 0 Å². The molecule has 0 unspecified atom stereocenters. The second kappa shape index (κ2) is 4.14. The van der Waals surface area contributed by atoms with Crippen molar-refractivity contribution in [1.82, 2.24) is 9.78 Å². The SMILES string of the molecule is NCCc1cn(-c2ccccc2)[nH]c1=O. The predicted molar refractivity (Wildman–Crippen MR) is 59.1 cm³/mol. The highest BCUT2D eigenvalue weighted by atomic mass is 16.1. The topological polar surface area (TPSA) is 63.8 Å². The largest absolute Gasteiger partial charge is 0.330 e. The Labute approximate surface area is 87.3 Å². The Bertz CT molecular complexity index is 484. The fourth-order valence-corrected chi connectivity index (χ4v) is 1.49. The van der Waals surface area contributed by atoms with Crippen LogP contribution in [0.15, 0.2) is 41.3 Å². The molecule has 0 aliphatic heterocycles. The average Bonchev–Trinajstić information content (AvgIpc) is 2.63. The number of hydrogen-bond acceptors (Lipinski definition) is 2. The van der Waals surface area contributed by atoms with Crippen LogP contribution in [0.5, 0.6) is 0 Å².